The molecule has 1 N–H and O–H groups in total. The second-order valence-corrected chi connectivity index (χ2v) is 4.64. The quantitative estimate of drug-likeness (QED) is 0.393. The average molecular weight is 283 g/mol. The van der Waals surface area contributed by atoms with Gasteiger partial charge in [-0.15, -0.1) is 0 Å². The molecule has 72 valence electrons. The highest BCUT2D eigenvalue weighted by Gasteiger charge is 2.48. The molecule has 1 unspecified atom stereocenters. The number of fused-ring (bicyclic) bond motifs is 2. The minimum absolute atomic E-state index is 0. The predicted molar refractivity (Wildman–Crippen MR) is 44.2 cm³/mol. The molecule has 12 heavy (non-hydrogen) atoms. The number of piperidine rings is 1. The monoisotopic (exact) mass is 283 g/mol. The molecule has 2 heterocycles. The molecule has 2 bridgehead atoms. The largest absolute Gasteiger partial charge is 1.00 e. The molecule has 2 rings (SSSR count). The van der Waals surface area contributed by atoms with Crippen molar-refractivity contribution >= 4 is 0 Å². The molecule has 2 saturated heterocycles. The molecular formula is C9H18INO. The second kappa shape index (κ2) is 3.42. The maximum atomic E-state index is 9.51. The van der Waals surface area contributed by atoms with Crippen LogP contribution in [0.5, 0.6) is 0 Å². The van der Waals surface area contributed by atoms with Gasteiger partial charge in [-0.3, -0.25) is 0 Å². The lowest BCUT2D eigenvalue weighted by Gasteiger charge is -2.42. The molecule has 2 fully saturated rings. The first kappa shape index (κ1) is 10.7. The zero-order chi connectivity index (χ0) is 8.06. The van der Waals surface area contributed by atoms with Gasteiger partial charge in [0.05, 0.1) is 32.3 Å². The van der Waals surface area contributed by atoms with Crippen LogP contribution in [-0.4, -0.2) is 41.9 Å². The predicted octanol–water partition coefficient (Wildman–Crippen LogP) is -2.25. The van der Waals surface area contributed by atoms with Crippen molar-refractivity contribution in [2.45, 2.75) is 43.9 Å². The maximum absolute atomic E-state index is 9.51. The number of aliphatic hydroxyl groups excluding tert-OH is 1. The average Bonchev–Trinajstić information content (AvgIpc) is 2.19. The fourth-order valence-electron chi connectivity index (χ4n) is 2.85. The third-order valence-electron chi connectivity index (χ3n) is 3.80. The normalized spacial score (nSPS) is 43.8. The van der Waals surface area contributed by atoms with Crippen LogP contribution < -0.4 is 24.0 Å². The van der Waals surface area contributed by atoms with Gasteiger partial charge in [-0.2, -0.15) is 0 Å². The summed E-state index contributed by atoms with van der Waals surface area (Å²) in [6, 6.07) is 1.48. The molecule has 0 radical (unpaired) electrons. The van der Waals surface area contributed by atoms with E-state index in [4.69, 9.17) is 0 Å². The smallest absolute Gasteiger partial charge is 0.0915 e. The topological polar surface area (TPSA) is 20.2 Å². The fourth-order valence-corrected chi connectivity index (χ4v) is 2.85. The van der Waals surface area contributed by atoms with E-state index < -0.39 is 0 Å². The molecule has 0 aromatic carbocycles. The van der Waals surface area contributed by atoms with Crippen molar-refractivity contribution in [1.29, 1.82) is 0 Å². The number of quaternary nitrogens is 1. The zero-order valence-electron chi connectivity index (χ0n) is 7.83. The van der Waals surface area contributed by atoms with Gasteiger partial charge in [0.1, 0.15) is 0 Å². The number of aliphatic hydroxyl groups is 1. The summed E-state index contributed by atoms with van der Waals surface area (Å²) in [5.74, 6) is 0. The van der Waals surface area contributed by atoms with E-state index in [-0.39, 0.29) is 30.1 Å². The van der Waals surface area contributed by atoms with Crippen molar-refractivity contribution in [3.05, 3.63) is 0 Å². The van der Waals surface area contributed by atoms with Crippen molar-refractivity contribution in [1.82, 2.24) is 0 Å². The summed E-state index contributed by atoms with van der Waals surface area (Å²) >= 11 is 0. The van der Waals surface area contributed by atoms with Gasteiger partial charge in [-0.1, -0.05) is 0 Å². The maximum Gasteiger partial charge on any atom is 0.0915 e. The number of hydrogen-bond donors (Lipinski definition) is 1. The van der Waals surface area contributed by atoms with Gasteiger partial charge in [-0.05, 0) is 0 Å². The summed E-state index contributed by atoms with van der Waals surface area (Å²) in [6.07, 6.45) is 4.72. The van der Waals surface area contributed by atoms with Gasteiger partial charge in [0.25, 0.3) is 0 Å². The van der Waals surface area contributed by atoms with Crippen molar-refractivity contribution in [3.8, 4) is 0 Å². The summed E-state index contributed by atoms with van der Waals surface area (Å²) in [6.45, 7) is 0. The summed E-state index contributed by atoms with van der Waals surface area (Å²) in [5, 5.41) is 9.51. The van der Waals surface area contributed by atoms with E-state index in [0.29, 0.717) is 0 Å². The van der Waals surface area contributed by atoms with Crippen LogP contribution in [0.25, 0.3) is 0 Å². The lowest BCUT2D eigenvalue weighted by Crippen LogP contribution is -3.00. The van der Waals surface area contributed by atoms with E-state index in [1.165, 1.54) is 12.8 Å². The van der Waals surface area contributed by atoms with E-state index in [2.05, 4.69) is 14.1 Å². The van der Waals surface area contributed by atoms with Crippen LogP contribution >= 0.6 is 0 Å². The van der Waals surface area contributed by atoms with Gasteiger partial charge in [-0.25, -0.2) is 0 Å². The van der Waals surface area contributed by atoms with Crippen LogP contribution in [0.3, 0.4) is 0 Å². The highest BCUT2D eigenvalue weighted by molar-refractivity contribution is 4.84. The lowest BCUT2D eigenvalue weighted by atomic mass is 9.98. The molecule has 3 atom stereocenters. The Labute approximate surface area is 91.6 Å². The van der Waals surface area contributed by atoms with Gasteiger partial charge < -0.3 is 33.6 Å². The number of rotatable bonds is 0. The molecule has 0 saturated carbocycles. The van der Waals surface area contributed by atoms with Crippen LogP contribution in [-0.2, 0) is 0 Å². The van der Waals surface area contributed by atoms with Crippen LogP contribution in [0.2, 0.25) is 0 Å². The van der Waals surface area contributed by atoms with Gasteiger partial charge in [0, 0.05) is 25.7 Å². The third-order valence-corrected chi connectivity index (χ3v) is 3.80. The Balaban J connectivity index is 0.000000720. The molecule has 0 aromatic rings. The first-order valence-corrected chi connectivity index (χ1v) is 4.62. The van der Waals surface area contributed by atoms with E-state index in [0.717, 1.165) is 29.4 Å². The SMILES string of the molecule is C[N+]1(C)[C@@H]2CC[C@H]1CC(O)C2.[I-]. The fraction of sp³-hybridized carbons (Fsp3) is 1.00. The highest BCUT2D eigenvalue weighted by atomic mass is 127. The van der Waals surface area contributed by atoms with E-state index in [9.17, 15) is 5.11 Å². The molecule has 0 spiro atoms. The Morgan fingerprint density at radius 1 is 1.08 bits per heavy atom. The van der Waals surface area contributed by atoms with Crippen LogP contribution in [0, 0.1) is 0 Å². The minimum Gasteiger partial charge on any atom is -1.00 e. The molecule has 0 aromatic heterocycles. The summed E-state index contributed by atoms with van der Waals surface area (Å²) in [5.41, 5.74) is 0. The highest BCUT2D eigenvalue weighted by Crippen LogP contribution is 2.39. The molecule has 2 aliphatic rings. The third kappa shape index (κ3) is 1.51. The Morgan fingerprint density at radius 2 is 1.50 bits per heavy atom. The number of halogens is 1. The van der Waals surface area contributed by atoms with Gasteiger partial charge in [0.15, 0.2) is 0 Å². The molecule has 0 amide bonds. The minimum atomic E-state index is -0.00125. The first-order chi connectivity index (χ1) is 5.10. The Morgan fingerprint density at radius 3 is 1.92 bits per heavy atom. The van der Waals surface area contributed by atoms with Gasteiger partial charge >= 0.3 is 0 Å². The molecule has 2 aliphatic heterocycles. The van der Waals surface area contributed by atoms with Crippen molar-refractivity contribution in [3.63, 3.8) is 0 Å². The molecular weight excluding hydrogens is 265 g/mol. The molecule has 3 heteroatoms. The summed E-state index contributed by atoms with van der Waals surface area (Å²) < 4.78 is 1.16. The van der Waals surface area contributed by atoms with E-state index in [1.54, 1.807) is 0 Å². The second-order valence-electron chi connectivity index (χ2n) is 4.64. The van der Waals surface area contributed by atoms with Crippen molar-refractivity contribution < 1.29 is 33.6 Å². The van der Waals surface area contributed by atoms with Crippen molar-refractivity contribution in [2.24, 2.45) is 0 Å². The first-order valence-electron chi connectivity index (χ1n) is 4.62. The lowest BCUT2D eigenvalue weighted by molar-refractivity contribution is -0.931. The zero-order valence-corrected chi connectivity index (χ0v) is 9.99. The Bertz CT molecular complexity index is 156. The van der Waals surface area contributed by atoms with E-state index in [1.807, 2.05) is 0 Å². The van der Waals surface area contributed by atoms with Crippen molar-refractivity contribution in [2.75, 3.05) is 14.1 Å². The van der Waals surface area contributed by atoms with Crippen LogP contribution in [0.1, 0.15) is 25.7 Å². The summed E-state index contributed by atoms with van der Waals surface area (Å²) in [7, 11) is 4.63. The van der Waals surface area contributed by atoms with Gasteiger partial charge in [0.2, 0.25) is 0 Å². The standard InChI is InChI=1S/C9H18NO.HI/c1-10(2)7-3-4-8(10)6-9(11)5-7;/h7-9,11H,3-6H2,1-2H3;1H/q+1;/p-1/t7-,8+,9?;. The number of nitrogens with zero attached hydrogens (tertiary/aromatic N) is 1. The molecule has 0 aliphatic carbocycles. The Kier molecular flexibility index (Phi) is 3.06. The van der Waals surface area contributed by atoms with Crippen LogP contribution in [0.4, 0.5) is 0 Å². The van der Waals surface area contributed by atoms with E-state index >= 15 is 0 Å². The summed E-state index contributed by atoms with van der Waals surface area (Å²) in [4.78, 5) is 0. The van der Waals surface area contributed by atoms with Crippen LogP contribution in [0.15, 0.2) is 0 Å². The molecule has 2 nitrogen and oxygen atoms in total. The number of hydrogen-bond acceptors (Lipinski definition) is 1. The Hall–Kier alpha value is 0.650.